The van der Waals surface area contributed by atoms with Gasteiger partial charge in [-0.3, -0.25) is 14.6 Å². The van der Waals surface area contributed by atoms with Crippen LogP contribution < -0.4 is 14.4 Å². The second-order valence-corrected chi connectivity index (χ2v) is 19.7. The Morgan fingerprint density at radius 3 is 2.70 bits per heavy atom. The largest absolute Gasteiger partial charge is 0.490 e. The van der Waals surface area contributed by atoms with Crippen LogP contribution in [0.25, 0.3) is 0 Å². The molecular weight excluding hydrogens is 724 g/mol. The van der Waals surface area contributed by atoms with Crippen LogP contribution in [0, 0.1) is 17.8 Å². The van der Waals surface area contributed by atoms with Crippen molar-refractivity contribution in [3.63, 3.8) is 0 Å². The molecule has 2 aliphatic carbocycles. The van der Waals surface area contributed by atoms with E-state index in [1.54, 1.807) is 13.0 Å². The summed E-state index contributed by atoms with van der Waals surface area (Å²) >= 11 is 6.51. The highest BCUT2D eigenvalue weighted by atomic mass is 35.5. The van der Waals surface area contributed by atoms with Gasteiger partial charge in [-0.1, -0.05) is 36.7 Å². The molecule has 1 spiro atoms. The van der Waals surface area contributed by atoms with E-state index in [0.717, 1.165) is 88.7 Å². The number of allylic oxidation sites excluding steroid dienone is 1. The van der Waals surface area contributed by atoms with Gasteiger partial charge in [-0.05, 0) is 112 Å². The summed E-state index contributed by atoms with van der Waals surface area (Å²) in [6, 6.07) is 12.0. The molecular formula is C42H57ClN4O6S. The maximum Gasteiger partial charge on any atom is 0.264 e. The number of hydrogen-bond acceptors (Lipinski definition) is 9. The first kappa shape index (κ1) is 38.2. The highest BCUT2D eigenvalue weighted by Crippen LogP contribution is 2.49. The second-order valence-electron chi connectivity index (χ2n) is 17.2. The van der Waals surface area contributed by atoms with E-state index < -0.39 is 26.8 Å². The number of benzene rings is 2. The van der Waals surface area contributed by atoms with Crippen molar-refractivity contribution < 1.29 is 27.4 Å². The molecule has 10 nitrogen and oxygen atoms in total. The molecule has 0 radical (unpaired) electrons. The number of fused-ring (bicyclic) bond motifs is 5. The van der Waals surface area contributed by atoms with Crippen molar-refractivity contribution in [1.29, 1.82) is 0 Å². The number of hydrogen-bond donors (Lipinski definition) is 1. The maximum absolute atomic E-state index is 13.7. The van der Waals surface area contributed by atoms with Crippen LogP contribution in [0.15, 0.2) is 48.6 Å². The number of halogens is 1. The van der Waals surface area contributed by atoms with Gasteiger partial charge in [0.05, 0.1) is 30.3 Å². The van der Waals surface area contributed by atoms with Crippen LogP contribution in [-0.4, -0.2) is 113 Å². The van der Waals surface area contributed by atoms with Crippen LogP contribution in [0.1, 0.15) is 74.4 Å². The lowest BCUT2D eigenvalue weighted by Crippen LogP contribution is -2.63. The first-order chi connectivity index (χ1) is 25.9. The summed E-state index contributed by atoms with van der Waals surface area (Å²) in [5, 5.41) is -0.0363. The Morgan fingerprint density at radius 2 is 1.91 bits per heavy atom. The van der Waals surface area contributed by atoms with Crippen LogP contribution in [0.3, 0.4) is 0 Å². The van der Waals surface area contributed by atoms with Gasteiger partial charge in [-0.15, -0.1) is 0 Å². The quantitative estimate of drug-likeness (QED) is 0.395. The summed E-state index contributed by atoms with van der Waals surface area (Å²) in [5.41, 5.74) is 2.87. The predicted molar refractivity (Wildman–Crippen MR) is 212 cm³/mol. The number of ether oxygens (including phenoxy) is 3. The summed E-state index contributed by atoms with van der Waals surface area (Å²) in [6.45, 7) is 13.2. The number of carbonyl (C=O) groups excluding carboxylic acids is 1. The molecule has 8 rings (SSSR count). The van der Waals surface area contributed by atoms with Crippen LogP contribution >= 0.6 is 11.6 Å². The normalized spacial score (nSPS) is 36.4. The summed E-state index contributed by atoms with van der Waals surface area (Å²) in [6.07, 6.45) is 10.3. The summed E-state index contributed by atoms with van der Waals surface area (Å²) in [5.74, 6) is 0.445. The van der Waals surface area contributed by atoms with Crippen LogP contribution in [0.4, 0.5) is 5.69 Å². The molecule has 4 heterocycles. The molecule has 0 aromatic heterocycles. The predicted octanol–water partition coefficient (Wildman–Crippen LogP) is 5.67. The van der Waals surface area contributed by atoms with Crippen LogP contribution in [0.5, 0.6) is 5.75 Å². The lowest BCUT2D eigenvalue weighted by Gasteiger charge is -2.53. The molecule has 4 aliphatic heterocycles. The molecule has 54 heavy (non-hydrogen) atoms. The number of sulfonamides is 1. The molecule has 1 amide bonds. The Labute approximate surface area is 326 Å². The molecule has 6 aliphatic rings. The average Bonchev–Trinajstić information content (AvgIpc) is 3.29. The van der Waals surface area contributed by atoms with E-state index in [0.29, 0.717) is 42.8 Å². The highest BCUT2D eigenvalue weighted by molar-refractivity contribution is 7.90. The number of nitrogens with one attached hydrogen (secondary N) is 1. The van der Waals surface area contributed by atoms with Gasteiger partial charge < -0.3 is 19.1 Å². The fraction of sp³-hybridized carbons (Fsp3) is 0.643. The molecule has 2 bridgehead atoms. The van der Waals surface area contributed by atoms with Gasteiger partial charge in [-0.2, -0.15) is 0 Å². The third-order valence-corrected chi connectivity index (χ3v) is 16.0. The highest BCUT2D eigenvalue weighted by Gasteiger charge is 2.50. The Hall–Kier alpha value is -2.67. The van der Waals surface area contributed by atoms with Crippen molar-refractivity contribution in [2.45, 2.75) is 87.7 Å². The Morgan fingerprint density at radius 1 is 1.06 bits per heavy atom. The number of methoxy groups -OCH3 is 1. The first-order valence-corrected chi connectivity index (χ1v) is 22.0. The van der Waals surface area contributed by atoms with Gasteiger partial charge in [-0.25, -0.2) is 13.1 Å². The van der Waals surface area contributed by atoms with E-state index in [1.165, 1.54) is 11.1 Å². The molecule has 12 heteroatoms. The van der Waals surface area contributed by atoms with E-state index in [4.69, 9.17) is 25.8 Å². The van der Waals surface area contributed by atoms with E-state index >= 15 is 0 Å². The number of aryl methyl sites for hydroxylation is 1. The monoisotopic (exact) mass is 780 g/mol. The number of morpholine rings is 1. The van der Waals surface area contributed by atoms with Crippen LogP contribution in [0.2, 0.25) is 5.02 Å². The fourth-order valence-electron chi connectivity index (χ4n) is 10.3. The number of piperazine rings is 1. The minimum atomic E-state index is -3.96. The van der Waals surface area contributed by atoms with Crippen molar-refractivity contribution in [2.24, 2.45) is 17.8 Å². The molecule has 2 aromatic carbocycles. The Balaban J connectivity index is 1.18. The third-order valence-electron chi connectivity index (χ3n) is 13.8. The Kier molecular flexibility index (Phi) is 10.6. The summed E-state index contributed by atoms with van der Waals surface area (Å²) < 4.78 is 49.2. The molecule has 0 unspecified atom stereocenters. The number of amides is 1. The minimum Gasteiger partial charge on any atom is -0.490 e. The van der Waals surface area contributed by atoms with Gasteiger partial charge >= 0.3 is 0 Å². The van der Waals surface area contributed by atoms with Gasteiger partial charge in [0, 0.05) is 75.0 Å². The third kappa shape index (κ3) is 7.22. The smallest absolute Gasteiger partial charge is 0.264 e. The number of carbonyl (C=O) groups is 1. The lowest BCUT2D eigenvalue weighted by molar-refractivity contribution is -0.117. The molecule has 1 N–H and O–H groups in total. The van der Waals surface area contributed by atoms with Crippen LogP contribution in [-0.2, 0) is 31.3 Å². The van der Waals surface area contributed by atoms with Gasteiger partial charge in [0.2, 0.25) is 10.0 Å². The van der Waals surface area contributed by atoms with E-state index in [9.17, 15) is 13.2 Å². The van der Waals surface area contributed by atoms with Gasteiger partial charge in [0.25, 0.3) is 5.91 Å². The molecule has 2 aromatic rings. The number of rotatable bonds is 3. The zero-order valence-corrected chi connectivity index (χ0v) is 33.8. The first-order valence-electron chi connectivity index (χ1n) is 20.1. The van der Waals surface area contributed by atoms with E-state index in [2.05, 4.69) is 50.6 Å². The van der Waals surface area contributed by atoms with Crippen molar-refractivity contribution >= 4 is 33.2 Å². The number of nitrogens with zero attached hydrogens (tertiary/aromatic N) is 3. The molecule has 294 valence electrons. The van der Waals surface area contributed by atoms with Gasteiger partial charge in [0.1, 0.15) is 11.4 Å². The summed E-state index contributed by atoms with van der Waals surface area (Å²) in [4.78, 5) is 21.3. The Bertz CT molecular complexity index is 1880. The van der Waals surface area contributed by atoms with E-state index in [1.807, 2.05) is 32.2 Å². The van der Waals surface area contributed by atoms with Gasteiger partial charge in [0.15, 0.2) is 0 Å². The lowest BCUT2D eigenvalue weighted by atomic mass is 9.63. The molecule has 1 saturated carbocycles. The summed E-state index contributed by atoms with van der Waals surface area (Å²) in [7, 11) is -2.11. The minimum absolute atomic E-state index is 0.225. The number of anilines is 1. The van der Waals surface area contributed by atoms with Crippen molar-refractivity contribution in [3.8, 4) is 5.75 Å². The maximum atomic E-state index is 13.7. The second kappa shape index (κ2) is 15.0. The SMILES string of the molecule is CO[C@@]1(CN2CCN3C[C@H](C)OC[C@@H]3C2)/C=C\C[C@H](C)[C@@H](C)S(=O)(=O)NC(=O)c2ccc3c(c2)N(C[C@@H]2CC[C@H]21)C[C@@]1(CCCc2cc(Cl)ccc21)CO3. The van der Waals surface area contributed by atoms with E-state index in [-0.39, 0.29) is 23.4 Å². The standard InChI is InChI=1S/C42H57ClN4O6S/c1-28-7-5-16-42(51-4,26-45-17-18-46-21-29(2)52-24-35(46)23-45)37-12-9-33(37)22-47-25-41(15-6-8-31-19-34(43)11-13-36(31)41)27-53-39-14-10-32(20-38(39)47)40(48)44-54(49,50)30(28)3/h5,10-11,13-14,16,19-20,28-30,33,35,37H,6-9,12,15,17-18,21-27H2,1-4H3,(H,44,48)/b16-5-/t28-,29-,30+,33-,35-,37+,41-,42+/m0/s1. The molecule has 8 atom stereocenters. The average molecular weight is 781 g/mol. The zero-order valence-electron chi connectivity index (χ0n) is 32.3. The van der Waals surface area contributed by atoms with Crippen molar-refractivity contribution in [3.05, 3.63) is 70.3 Å². The fourth-order valence-corrected chi connectivity index (χ4v) is 11.8. The zero-order chi connectivity index (χ0) is 37.8. The van der Waals surface area contributed by atoms with Crippen molar-refractivity contribution in [1.82, 2.24) is 14.5 Å². The molecule has 2 saturated heterocycles. The topological polar surface area (TPSA) is 101 Å². The van der Waals surface area contributed by atoms with Crippen molar-refractivity contribution in [2.75, 3.05) is 71.0 Å². The molecule has 3 fully saturated rings.